The molecule has 0 aromatic rings. The van der Waals surface area contributed by atoms with Gasteiger partial charge in [0.15, 0.2) is 0 Å². The van der Waals surface area contributed by atoms with E-state index in [2.05, 4.69) is 40.7 Å². The second kappa shape index (κ2) is 4.49. The number of allylic oxidation sites excluding steroid dienone is 4. The highest BCUT2D eigenvalue weighted by molar-refractivity contribution is 6.61. The molecule has 1 heteroatoms. The lowest BCUT2D eigenvalue weighted by atomic mass is 10.1. The average molecular weight is 192 g/mol. The molecular formula is C12H21Al. The summed E-state index contributed by atoms with van der Waals surface area (Å²) in [5.41, 5.74) is 4.75. The predicted octanol–water partition coefficient (Wildman–Crippen LogP) is 4.19. The van der Waals surface area contributed by atoms with E-state index in [0.717, 1.165) is 4.78 Å². The molecule has 1 rings (SSSR count). The van der Waals surface area contributed by atoms with Crippen molar-refractivity contribution >= 4 is 14.1 Å². The summed E-state index contributed by atoms with van der Waals surface area (Å²) in [4.78, 5) is 0. The molecule has 0 aromatic carbocycles. The molecule has 13 heavy (non-hydrogen) atoms. The van der Waals surface area contributed by atoms with Crippen LogP contribution in [0.2, 0.25) is 15.3 Å². The van der Waals surface area contributed by atoms with E-state index in [1.54, 1.807) is 11.1 Å². The lowest BCUT2D eigenvalue weighted by Crippen LogP contribution is -2.16. The Balaban J connectivity index is 2.85. The van der Waals surface area contributed by atoms with E-state index in [-0.39, 0.29) is 0 Å². The van der Waals surface area contributed by atoms with Crippen LogP contribution < -0.4 is 0 Å². The van der Waals surface area contributed by atoms with E-state index in [1.807, 2.05) is 0 Å². The molecule has 0 spiro atoms. The van der Waals surface area contributed by atoms with Crippen molar-refractivity contribution in [3.05, 3.63) is 22.8 Å². The molecule has 1 unspecified atom stereocenters. The standard InChI is InChI=1S/C8H11.2C2H5.Al/c1-6-4-5-7(2)8(6)3;2*1-2;/h4-5H,1-3H3;2*1H2,2H3;. The van der Waals surface area contributed by atoms with Crippen LogP contribution in [0.3, 0.4) is 0 Å². The molecule has 0 saturated carbocycles. The van der Waals surface area contributed by atoms with Crippen molar-refractivity contribution in [1.82, 2.24) is 0 Å². The van der Waals surface area contributed by atoms with Crippen molar-refractivity contribution in [3.8, 4) is 0 Å². The minimum absolute atomic E-state index is 0.514. The fourth-order valence-corrected chi connectivity index (χ4v) is 5.48. The molecule has 0 aliphatic heterocycles. The van der Waals surface area contributed by atoms with Crippen molar-refractivity contribution in [2.75, 3.05) is 0 Å². The summed E-state index contributed by atoms with van der Waals surface area (Å²) in [5.74, 6) is 0. The maximum absolute atomic E-state index is 2.52. The van der Waals surface area contributed by atoms with Gasteiger partial charge in [-0.3, -0.25) is 0 Å². The fourth-order valence-electron chi connectivity index (χ4n) is 2.37. The zero-order chi connectivity index (χ0) is 10.0. The molecule has 0 amide bonds. The Bertz CT molecular complexity index is 244. The minimum atomic E-state index is -0.514. The van der Waals surface area contributed by atoms with Gasteiger partial charge in [-0.05, 0) is 25.6 Å². The first kappa shape index (κ1) is 11.1. The van der Waals surface area contributed by atoms with E-state index in [0.29, 0.717) is 0 Å². The van der Waals surface area contributed by atoms with Gasteiger partial charge in [0, 0.05) is 0 Å². The zero-order valence-corrected chi connectivity index (χ0v) is 10.8. The third-order valence-electron chi connectivity index (χ3n) is 3.67. The van der Waals surface area contributed by atoms with Gasteiger partial charge < -0.3 is 0 Å². The molecule has 0 fully saturated rings. The molecule has 0 saturated heterocycles. The van der Waals surface area contributed by atoms with Gasteiger partial charge >= 0.3 is 0 Å². The van der Waals surface area contributed by atoms with Crippen LogP contribution in [0.25, 0.3) is 0 Å². The summed E-state index contributed by atoms with van der Waals surface area (Å²) in [5, 5.41) is 2.88. The van der Waals surface area contributed by atoms with Crippen molar-refractivity contribution in [3.63, 3.8) is 0 Å². The Morgan fingerprint density at radius 1 is 1.15 bits per heavy atom. The Labute approximate surface area is 87.1 Å². The Kier molecular flexibility index (Phi) is 3.83. The molecule has 0 aromatic heterocycles. The van der Waals surface area contributed by atoms with Crippen molar-refractivity contribution < 1.29 is 0 Å². The SMILES string of the molecule is C[CH2][Al]([CH2]C)[CH]1C=C(C)C(C)=C1C. The minimum Gasteiger partial charge on any atom is -0.0961 e. The first-order chi connectivity index (χ1) is 6.11. The van der Waals surface area contributed by atoms with Gasteiger partial charge in [0.1, 0.15) is 0 Å². The summed E-state index contributed by atoms with van der Waals surface area (Å²) < 4.78 is 0.870. The van der Waals surface area contributed by atoms with Gasteiger partial charge in [0.2, 0.25) is 0 Å². The van der Waals surface area contributed by atoms with E-state index in [9.17, 15) is 0 Å². The lowest BCUT2D eigenvalue weighted by molar-refractivity contribution is 1.12. The van der Waals surface area contributed by atoms with Crippen LogP contribution in [-0.4, -0.2) is 14.1 Å². The topological polar surface area (TPSA) is 0 Å². The van der Waals surface area contributed by atoms with Crippen molar-refractivity contribution in [2.45, 2.75) is 50.0 Å². The molecule has 0 heterocycles. The third kappa shape index (κ3) is 2.09. The van der Waals surface area contributed by atoms with Crippen LogP contribution in [0.5, 0.6) is 0 Å². The maximum atomic E-state index is 2.52. The second-order valence-corrected chi connectivity index (χ2v) is 8.13. The Morgan fingerprint density at radius 3 is 2.00 bits per heavy atom. The first-order valence-corrected chi connectivity index (χ1v) is 7.77. The average Bonchev–Trinajstić information content (AvgIpc) is 2.36. The summed E-state index contributed by atoms with van der Waals surface area (Å²) in [6.45, 7) is 11.6. The number of hydrogen-bond donors (Lipinski definition) is 0. The third-order valence-corrected chi connectivity index (χ3v) is 7.47. The molecule has 0 radical (unpaired) electrons. The van der Waals surface area contributed by atoms with Gasteiger partial charge in [-0.15, -0.1) is 0 Å². The van der Waals surface area contributed by atoms with Crippen molar-refractivity contribution in [1.29, 1.82) is 0 Å². The highest BCUT2D eigenvalue weighted by Gasteiger charge is 2.28. The summed E-state index contributed by atoms with van der Waals surface area (Å²) in [6, 6.07) is 0. The molecule has 0 nitrogen and oxygen atoms in total. The number of rotatable bonds is 3. The molecule has 1 atom stereocenters. The van der Waals surface area contributed by atoms with Crippen LogP contribution in [0, 0.1) is 0 Å². The normalized spacial score (nSPS) is 22.2. The molecule has 0 bridgehead atoms. The Morgan fingerprint density at radius 2 is 1.69 bits per heavy atom. The van der Waals surface area contributed by atoms with Gasteiger partial charge in [-0.1, -0.05) is 47.2 Å². The van der Waals surface area contributed by atoms with Crippen LogP contribution in [-0.2, 0) is 0 Å². The molecule has 0 N–H and O–H groups in total. The smallest absolute Gasteiger partial charge is 0.0961 e. The van der Waals surface area contributed by atoms with Gasteiger partial charge in [0.05, 0.1) is 0 Å². The van der Waals surface area contributed by atoms with E-state index < -0.39 is 14.1 Å². The van der Waals surface area contributed by atoms with Crippen LogP contribution in [0.4, 0.5) is 0 Å². The zero-order valence-electron chi connectivity index (χ0n) is 9.65. The Hall–Kier alpha value is 0.0125. The van der Waals surface area contributed by atoms with E-state index in [4.69, 9.17) is 0 Å². The molecule has 1 aliphatic rings. The van der Waals surface area contributed by atoms with Gasteiger partial charge in [-0.25, -0.2) is 0 Å². The van der Waals surface area contributed by atoms with Crippen LogP contribution >= 0.6 is 0 Å². The van der Waals surface area contributed by atoms with Gasteiger partial charge in [0.25, 0.3) is 14.1 Å². The van der Waals surface area contributed by atoms with E-state index >= 15 is 0 Å². The summed E-state index contributed by atoms with van der Waals surface area (Å²) in [7, 11) is 0. The highest BCUT2D eigenvalue weighted by atomic mass is 27.2. The maximum Gasteiger partial charge on any atom is 0.275 e. The molecular weight excluding hydrogens is 171 g/mol. The van der Waals surface area contributed by atoms with Crippen molar-refractivity contribution in [2.24, 2.45) is 0 Å². The van der Waals surface area contributed by atoms with Crippen LogP contribution in [0.1, 0.15) is 34.6 Å². The monoisotopic (exact) mass is 192 g/mol. The summed E-state index contributed by atoms with van der Waals surface area (Å²) >= 11 is -0.514. The van der Waals surface area contributed by atoms with Gasteiger partial charge in [-0.2, -0.15) is 0 Å². The highest BCUT2D eigenvalue weighted by Crippen LogP contribution is 2.38. The first-order valence-electron chi connectivity index (χ1n) is 5.47. The largest absolute Gasteiger partial charge is 0.275 e. The summed E-state index contributed by atoms with van der Waals surface area (Å²) in [6.07, 6.45) is 2.52. The fraction of sp³-hybridized carbons (Fsp3) is 0.667. The van der Waals surface area contributed by atoms with Crippen LogP contribution in [0.15, 0.2) is 22.8 Å². The number of hydrogen-bond acceptors (Lipinski definition) is 0. The van der Waals surface area contributed by atoms with E-state index in [1.165, 1.54) is 16.1 Å². The molecule has 1 aliphatic carbocycles. The quantitative estimate of drug-likeness (QED) is 0.588. The second-order valence-electron chi connectivity index (χ2n) is 4.26. The lowest BCUT2D eigenvalue weighted by Gasteiger charge is -2.15. The molecule has 72 valence electrons. The predicted molar refractivity (Wildman–Crippen MR) is 62.6 cm³/mol.